The van der Waals surface area contributed by atoms with Crippen LogP contribution in [-0.2, 0) is 10.2 Å². The predicted octanol–water partition coefficient (Wildman–Crippen LogP) is 2.56. The van der Waals surface area contributed by atoms with Crippen molar-refractivity contribution < 1.29 is 15.0 Å². The molecule has 0 radical (unpaired) electrons. The number of aliphatic hydroxyl groups is 1. The van der Waals surface area contributed by atoms with E-state index in [0.29, 0.717) is 19.4 Å². The van der Waals surface area contributed by atoms with Crippen LogP contribution in [0.4, 0.5) is 0 Å². The number of hydrogen-bond donors (Lipinski definition) is 3. The number of carboxylic acids is 1. The van der Waals surface area contributed by atoms with Crippen molar-refractivity contribution in [2.24, 2.45) is 5.92 Å². The molecule has 0 spiro atoms. The highest BCUT2D eigenvalue weighted by atomic mass is 16.4. The summed E-state index contributed by atoms with van der Waals surface area (Å²) in [5, 5.41) is 23.3. The van der Waals surface area contributed by atoms with Crippen LogP contribution in [0.1, 0.15) is 44.6 Å². The molecule has 2 rings (SSSR count). The molecule has 24 heavy (non-hydrogen) atoms. The average molecular weight is 329 g/mol. The highest BCUT2D eigenvalue weighted by molar-refractivity contribution is 5.75. The van der Waals surface area contributed by atoms with Crippen molar-refractivity contribution in [2.75, 3.05) is 13.1 Å². The van der Waals surface area contributed by atoms with Gasteiger partial charge >= 0.3 is 5.97 Å². The van der Waals surface area contributed by atoms with Crippen molar-refractivity contribution in [1.29, 1.82) is 0 Å². The summed E-state index contributed by atoms with van der Waals surface area (Å²) >= 11 is 0. The molecule has 1 aliphatic carbocycles. The zero-order chi connectivity index (χ0) is 17.4. The van der Waals surface area contributed by atoms with Gasteiger partial charge in [0, 0.05) is 11.8 Å². The van der Waals surface area contributed by atoms with Gasteiger partial charge in [-0.25, -0.2) is 4.79 Å². The van der Waals surface area contributed by atoms with Gasteiger partial charge in [-0.3, -0.25) is 0 Å². The highest BCUT2D eigenvalue weighted by Crippen LogP contribution is 2.47. The summed E-state index contributed by atoms with van der Waals surface area (Å²) in [6.07, 6.45) is 2.78. The highest BCUT2D eigenvalue weighted by Gasteiger charge is 2.50. The first-order chi connectivity index (χ1) is 11.6. The molecule has 130 valence electrons. The quantitative estimate of drug-likeness (QED) is 0.554. The molecule has 0 aromatic heterocycles. The van der Waals surface area contributed by atoms with Crippen LogP contribution in [0.2, 0.25) is 0 Å². The predicted molar refractivity (Wildman–Crippen MR) is 94.7 cm³/mol. The number of aliphatic hydroxyl groups excluding tert-OH is 1. The van der Waals surface area contributed by atoms with Crippen LogP contribution in [0.15, 0.2) is 30.3 Å². The third-order valence-electron chi connectivity index (χ3n) is 5.09. The van der Waals surface area contributed by atoms with Gasteiger partial charge in [-0.15, -0.1) is 5.92 Å². The van der Waals surface area contributed by atoms with Gasteiger partial charge in [-0.1, -0.05) is 56.0 Å². The summed E-state index contributed by atoms with van der Waals surface area (Å²) in [5.74, 6) is 5.20. The zero-order valence-electron chi connectivity index (χ0n) is 14.3. The lowest BCUT2D eigenvalue weighted by Crippen LogP contribution is -2.51. The molecule has 0 saturated heterocycles. The first-order valence-electron chi connectivity index (χ1n) is 8.75. The molecule has 0 amide bonds. The SMILES string of the molecule is CCNCC#CCC1CCCCC1(c1ccccc1)C(O)C(=O)O. The topological polar surface area (TPSA) is 69.6 Å². The summed E-state index contributed by atoms with van der Waals surface area (Å²) in [5.41, 5.74) is 0.163. The minimum Gasteiger partial charge on any atom is -0.479 e. The van der Waals surface area contributed by atoms with Gasteiger partial charge in [-0.2, -0.15) is 0 Å². The second kappa shape index (κ2) is 8.86. The Labute approximate surface area is 144 Å². The van der Waals surface area contributed by atoms with Crippen LogP contribution in [0, 0.1) is 17.8 Å². The standard InChI is InChI=1S/C20H27NO3/c1-2-21-15-9-7-13-17-12-6-8-14-20(17,18(22)19(23)24)16-10-4-3-5-11-16/h3-5,10-11,17-18,21-22H,2,6,8,12-15H2,1H3,(H,23,24). The first kappa shape index (κ1) is 18.5. The van der Waals surface area contributed by atoms with Gasteiger partial charge in [0.05, 0.1) is 6.54 Å². The summed E-state index contributed by atoms with van der Waals surface area (Å²) in [7, 11) is 0. The van der Waals surface area contributed by atoms with E-state index in [1.54, 1.807) is 0 Å². The van der Waals surface area contributed by atoms with E-state index >= 15 is 0 Å². The second-order valence-corrected chi connectivity index (χ2v) is 6.43. The van der Waals surface area contributed by atoms with E-state index in [9.17, 15) is 15.0 Å². The molecule has 0 heterocycles. The monoisotopic (exact) mass is 329 g/mol. The Kier molecular flexibility index (Phi) is 6.84. The van der Waals surface area contributed by atoms with Crippen LogP contribution in [0.3, 0.4) is 0 Å². The molecule has 3 N–H and O–H groups in total. The maximum Gasteiger partial charge on any atom is 0.333 e. The normalized spacial score (nSPS) is 24.7. The number of aliphatic carboxylic acids is 1. The van der Waals surface area contributed by atoms with Crippen molar-refractivity contribution in [1.82, 2.24) is 5.32 Å². The van der Waals surface area contributed by atoms with E-state index in [1.165, 1.54) is 0 Å². The fourth-order valence-electron chi connectivity index (χ4n) is 3.87. The van der Waals surface area contributed by atoms with Gasteiger partial charge in [0.1, 0.15) is 0 Å². The molecule has 3 atom stereocenters. The molecule has 1 aromatic rings. The van der Waals surface area contributed by atoms with Gasteiger partial charge in [0.25, 0.3) is 0 Å². The molecule has 1 aromatic carbocycles. The molecular weight excluding hydrogens is 302 g/mol. The van der Waals surface area contributed by atoms with Gasteiger partial charge in [0.2, 0.25) is 0 Å². The largest absolute Gasteiger partial charge is 0.479 e. The van der Waals surface area contributed by atoms with Crippen molar-refractivity contribution >= 4 is 5.97 Å². The van der Waals surface area contributed by atoms with Crippen LogP contribution >= 0.6 is 0 Å². The number of carboxylic acid groups (broad SMARTS) is 1. The number of benzene rings is 1. The Morgan fingerprint density at radius 3 is 2.75 bits per heavy atom. The number of hydrogen-bond acceptors (Lipinski definition) is 3. The third kappa shape index (κ3) is 3.98. The number of rotatable bonds is 6. The molecule has 4 heteroatoms. The summed E-state index contributed by atoms with van der Waals surface area (Å²) in [4.78, 5) is 11.6. The maximum absolute atomic E-state index is 11.6. The van der Waals surface area contributed by atoms with E-state index in [4.69, 9.17) is 0 Å². The van der Waals surface area contributed by atoms with E-state index in [-0.39, 0.29) is 5.92 Å². The van der Waals surface area contributed by atoms with Crippen molar-refractivity contribution in [2.45, 2.75) is 50.5 Å². The molecular formula is C20H27NO3. The molecule has 1 fully saturated rings. The fraction of sp³-hybridized carbons (Fsp3) is 0.550. The summed E-state index contributed by atoms with van der Waals surface area (Å²) < 4.78 is 0. The van der Waals surface area contributed by atoms with Gasteiger partial charge in [-0.05, 0) is 30.9 Å². The molecule has 0 aliphatic heterocycles. The van der Waals surface area contributed by atoms with E-state index in [0.717, 1.165) is 31.4 Å². The van der Waals surface area contributed by atoms with Crippen LogP contribution in [0.25, 0.3) is 0 Å². The Hall–Kier alpha value is -1.83. The molecule has 3 unspecified atom stereocenters. The first-order valence-corrected chi connectivity index (χ1v) is 8.75. The van der Waals surface area contributed by atoms with Crippen LogP contribution in [0.5, 0.6) is 0 Å². The van der Waals surface area contributed by atoms with Crippen molar-refractivity contribution in [3.63, 3.8) is 0 Å². The fourth-order valence-corrected chi connectivity index (χ4v) is 3.87. The van der Waals surface area contributed by atoms with Crippen LogP contribution in [-0.4, -0.2) is 35.4 Å². The Balaban J connectivity index is 2.33. The van der Waals surface area contributed by atoms with Gasteiger partial charge < -0.3 is 15.5 Å². The molecule has 0 bridgehead atoms. The Morgan fingerprint density at radius 2 is 2.08 bits per heavy atom. The third-order valence-corrected chi connectivity index (χ3v) is 5.09. The summed E-state index contributed by atoms with van der Waals surface area (Å²) in [6.45, 7) is 3.55. The molecule has 1 saturated carbocycles. The minimum atomic E-state index is -1.40. The lowest BCUT2D eigenvalue weighted by molar-refractivity contribution is -0.154. The zero-order valence-corrected chi connectivity index (χ0v) is 14.3. The van der Waals surface area contributed by atoms with E-state index in [1.807, 2.05) is 37.3 Å². The lowest BCUT2D eigenvalue weighted by atomic mass is 9.58. The Morgan fingerprint density at radius 1 is 1.33 bits per heavy atom. The average Bonchev–Trinajstić information content (AvgIpc) is 2.62. The van der Waals surface area contributed by atoms with Gasteiger partial charge in [0.15, 0.2) is 6.10 Å². The van der Waals surface area contributed by atoms with E-state index < -0.39 is 17.5 Å². The van der Waals surface area contributed by atoms with Crippen molar-refractivity contribution in [3.8, 4) is 11.8 Å². The maximum atomic E-state index is 11.6. The van der Waals surface area contributed by atoms with Crippen molar-refractivity contribution in [3.05, 3.63) is 35.9 Å². The lowest BCUT2D eigenvalue weighted by Gasteiger charge is -2.46. The molecule has 1 aliphatic rings. The Bertz CT molecular complexity index is 590. The minimum absolute atomic E-state index is 0.0499. The van der Waals surface area contributed by atoms with E-state index in [2.05, 4.69) is 17.2 Å². The van der Waals surface area contributed by atoms with Crippen LogP contribution < -0.4 is 5.32 Å². The second-order valence-electron chi connectivity index (χ2n) is 6.43. The summed E-state index contributed by atoms with van der Waals surface area (Å²) in [6, 6.07) is 9.62. The number of nitrogens with one attached hydrogen (secondary N) is 1. The smallest absolute Gasteiger partial charge is 0.333 e. The number of carbonyl (C=O) groups is 1. The molecule has 4 nitrogen and oxygen atoms in total.